The highest BCUT2D eigenvalue weighted by molar-refractivity contribution is 6.08. The minimum absolute atomic E-state index is 0.0179. The van der Waals surface area contributed by atoms with Gasteiger partial charge in [0, 0.05) is 12.3 Å². The van der Waals surface area contributed by atoms with E-state index in [1.807, 2.05) is 0 Å². The monoisotopic (exact) mass is 415 g/mol. The van der Waals surface area contributed by atoms with Gasteiger partial charge >= 0.3 is 6.18 Å². The molecule has 0 fully saturated rings. The molecule has 9 heteroatoms. The third-order valence-corrected chi connectivity index (χ3v) is 4.32. The summed E-state index contributed by atoms with van der Waals surface area (Å²) in [6.45, 7) is -0.0179. The van der Waals surface area contributed by atoms with E-state index >= 15 is 0 Å². The molecule has 3 aromatic rings. The van der Waals surface area contributed by atoms with E-state index in [0.29, 0.717) is 5.56 Å². The molecule has 0 atom stereocenters. The molecule has 0 saturated heterocycles. The maximum atomic E-state index is 12.7. The molecule has 2 amide bonds. The van der Waals surface area contributed by atoms with Crippen molar-refractivity contribution >= 4 is 17.5 Å². The molecule has 1 heterocycles. The molecule has 0 radical (unpaired) electrons. The highest BCUT2D eigenvalue weighted by Crippen LogP contribution is 2.29. The van der Waals surface area contributed by atoms with Gasteiger partial charge in [-0.2, -0.15) is 13.2 Å². The number of nitrogens with zero attached hydrogens (tertiary/aromatic N) is 1. The van der Waals surface area contributed by atoms with Crippen LogP contribution in [0.1, 0.15) is 31.8 Å². The highest BCUT2D eigenvalue weighted by atomic mass is 19.4. The molecule has 6 nitrogen and oxygen atoms in total. The summed E-state index contributed by atoms with van der Waals surface area (Å²) in [6, 6.07) is 13.1. The second-order valence-electron chi connectivity index (χ2n) is 6.44. The van der Waals surface area contributed by atoms with Gasteiger partial charge in [-0.3, -0.25) is 14.4 Å². The largest absolute Gasteiger partial charge is 0.416 e. The Labute approximate surface area is 168 Å². The van der Waals surface area contributed by atoms with Gasteiger partial charge in [0.25, 0.3) is 17.4 Å². The van der Waals surface area contributed by atoms with Crippen molar-refractivity contribution in [1.82, 2.24) is 4.57 Å². The van der Waals surface area contributed by atoms with E-state index in [4.69, 9.17) is 5.73 Å². The number of nitrogens with one attached hydrogen (secondary N) is 1. The third kappa shape index (κ3) is 4.75. The predicted octanol–water partition coefficient (Wildman–Crippen LogP) is 3.27. The van der Waals surface area contributed by atoms with Crippen LogP contribution < -0.4 is 16.6 Å². The standard InChI is InChI=1S/C21H16F3N3O3/c22-21(23,24)15-8-5-13(6-9-15)11-27-12-14(7-10-18(27)28)20(30)26-17-4-2-1-3-16(17)19(25)29/h1-10,12H,11H2,(H2,25,29)(H,26,30). The molecular formula is C21H16F3N3O3. The number of aromatic nitrogens is 1. The molecule has 0 saturated carbocycles. The molecule has 0 aliphatic carbocycles. The van der Waals surface area contributed by atoms with Gasteiger partial charge in [0.15, 0.2) is 0 Å². The molecule has 3 rings (SSSR count). The summed E-state index contributed by atoms with van der Waals surface area (Å²) < 4.78 is 39.2. The Morgan fingerprint density at radius 2 is 1.63 bits per heavy atom. The summed E-state index contributed by atoms with van der Waals surface area (Å²) >= 11 is 0. The Kier molecular flexibility index (Phi) is 5.72. The van der Waals surface area contributed by atoms with Gasteiger partial charge in [-0.05, 0) is 35.9 Å². The molecule has 154 valence electrons. The number of nitrogens with two attached hydrogens (primary N) is 1. The van der Waals surface area contributed by atoms with E-state index < -0.39 is 29.1 Å². The molecule has 2 aromatic carbocycles. The zero-order valence-electron chi connectivity index (χ0n) is 15.4. The fraction of sp³-hybridized carbons (Fsp3) is 0.0952. The first-order valence-electron chi connectivity index (χ1n) is 8.72. The number of halogens is 3. The number of pyridine rings is 1. The summed E-state index contributed by atoms with van der Waals surface area (Å²) in [6.07, 6.45) is -3.16. The van der Waals surface area contributed by atoms with Gasteiger partial charge < -0.3 is 15.6 Å². The van der Waals surface area contributed by atoms with Crippen LogP contribution in [0.2, 0.25) is 0 Å². The number of rotatable bonds is 5. The normalized spacial score (nSPS) is 11.2. The van der Waals surface area contributed by atoms with Gasteiger partial charge in [-0.15, -0.1) is 0 Å². The zero-order valence-corrected chi connectivity index (χ0v) is 15.4. The Balaban J connectivity index is 1.82. The SMILES string of the molecule is NC(=O)c1ccccc1NC(=O)c1ccc(=O)n(Cc2ccc(C(F)(F)F)cc2)c1. The number of alkyl halides is 3. The van der Waals surface area contributed by atoms with Crippen LogP contribution in [0, 0.1) is 0 Å². The van der Waals surface area contributed by atoms with Crippen LogP contribution in [-0.4, -0.2) is 16.4 Å². The van der Waals surface area contributed by atoms with Crippen molar-refractivity contribution < 1.29 is 22.8 Å². The first-order valence-corrected chi connectivity index (χ1v) is 8.72. The average Bonchev–Trinajstić information content (AvgIpc) is 2.69. The van der Waals surface area contributed by atoms with Crippen LogP contribution in [-0.2, 0) is 12.7 Å². The van der Waals surface area contributed by atoms with Crippen LogP contribution in [0.3, 0.4) is 0 Å². The number of primary amides is 1. The van der Waals surface area contributed by atoms with Crippen molar-refractivity contribution in [3.8, 4) is 0 Å². The number of carbonyl (C=O) groups excluding carboxylic acids is 2. The highest BCUT2D eigenvalue weighted by Gasteiger charge is 2.29. The van der Waals surface area contributed by atoms with Crippen molar-refractivity contribution in [2.75, 3.05) is 5.32 Å². The lowest BCUT2D eigenvalue weighted by Crippen LogP contribution is -2.23. The van der Waals surface area contributed by atoms with E-state index in [1.54, 1.807) is 12.1 Å². The summed E-state index contributed by atoms with van der Waals surface area (Å²) in [5, 5.41) is 2.56. The summed E-state index contributed by atoms with van der Waals surface area (Å²) in [4.78, 5) is 36.2. The van der Waals surface area contributed by atoms with E-state index in [2.05, 4.69) is 5.32 Å². The van der Waals surface area contributed by atoms with Crippen molar-refractivity contribution in [2.45, 2.75) is 12.7 Å². The Hall–Kier alpha value is -3.88. The van der Waals surface area contributed by atoms with Gasteiger partial charge in [0.05, 0.1) is 28.9 Å². The number of anilines is 1. The fourth-order valence-electron chi connectivity index (χ4n) is 2.79. The predicted molar refractivity (Wildman–Crippen MR) is 104 cm³/mol. The van der Waals surface area contributed by atoms with E-state index in [-0.39, 0.29) is 23.4 Å². The van der Waals surface area contributed by atoms with Gasteiger partial charge in [-0.25, -0.2) is 0 Å². The second kappa shape index (κ2) is 8.24. The van der Waals surface area contributed by atoms with E-state index in [9.17, 15) is 27.6 Å². The van der Waals surface area contributed by atoms with Crippen LogP contribution in [0.4, 0.5) is 18.9 Å². The topological polar surface area (TPSA) is 94.2 Å². The fourth-order valence-corrected chi connectivity index (χ4v) is 2.79. The van der Waals surface area contributed by atoms with Crippen molar-refractivity contribution in [1.29, 1.82) is 0 Å². The molecule has 30 heavy (non-hydrogen) atoms. The van der Waals surface area contributed by atoms with E-state index in [1.165, 1.54) is 47.2 Å². The number of carbonyl (C=O) groups is 2. The minimum Gasteiger partial charge on any atom is -0.366 e. The van der Waals surface area contributed by atoms with Crippen LogP contribution in [0.5, 0.6) is 0 Å². The molecule has 0 spiro atoms. The van der Waals surface area contributed by atoms with Gasteiger partial charge in [-0.1, -0.05) is 24.3 Å². The lowest BCUT2D eigenvalue weighted by molar-refractivity contribution is -0.137. The maximum absolute atomic E-state index is 12.7. The lowest BCUT2D eigenvalue weighted by Gasteiger charge is -2.12. The number of hydrogen-bond donors (Lipinski definition) is 2. The third-order valence-electron chi connectivity index (χ3n) is 4.32. The Morgan fingerprint density at radius 1 is 0.967 bits per heavy atom. The molecule has 3 N–H and O–H groups in total. The quantitative estimate of drug-likeness (QED) is 0.670. The minimum atomic E-state index is -4.45. The number of para-hydroxylation sites is 1. The number of benzene rings is 2. The first kappa shape index (κ1) is 20.8. The molecule has 1 aromatic heterocycles. The van der Waals surface area contributed by atoms with Crippen molar-refractivity contribution in [2.24, 2.45) is 5.73 Å². The van der Waals surface area contributed by atoms with Crippen LogP contribution >= 0.6 is 0 Å². The second-order valence-corrected chi connectivity index (χ2v) is 6.44. The molecule has 0 aliphatic rings. The lowest BCUT2D eigenvalue weighted by atomic mass is 10.1. The molecule has 0 bridgehead atoms. The summed E-state index contributed by atoms with van der Waals surface area (Å²) in [5.74, 6) is -1.29. The zero-order chi connectivity index (χ0) is 21.9. The summed E-state index contributed by atoms with van der Waals surface area (Å²) in [7, 11) is 0. The van der Waals surface area contributed by atoms with E-state index in [0.717, 1.165) is 12.1 Å². The Morgan fingerprint density at radius 3 is 2.27 bits per heavy atom. The summed E-state index contributed by atoms with van der Waals surface area (Å²) in [5.41, 5.74) is 5.00. The Bertz CT molecular complexity index is 1150. The molecule has 0 unspecified atom stereocenters. The van der Waals surface area contributed by atoms with Crippen molar-refractivity contribution in [3.63, 3.8) is 0 Å². The maximum Gasteiger partial charge on any atom is 0.416 e. The first-order chi connectivity index (χ1) is 14.1. The van der Waals surface area contributed by atoms with Crippen molar-refractivity contribution in [3.05, 3.63) is 99.5 Å². The average molecular weight is 415 g/mol. The van der Waals surface area contributed by atoms with Gasteiger partial charge in [0.1, 0.15) is 0 Å². The van der Waals surface area contributed by atoms with Crippen LogP contribution in [0.15, 0.2) is 71.7 Å². The molecular weight excluding hydrogens is 399 g/mol. The smallest absolute Gasteiger partial charge is 0.366 e. The number of hydrogen-bond acceptors (Lipinski definition) is 3. The van der Waals surface area contributed by atoms with Gasteiger partial charge in [0.2, 0.25) is 0 Å². The van der Waals surface area contributed by atoms with Crippen LogP contribution in [0.25, 0.3) is 0 Å². The number of amides is 2. The molecule has 0 aliphatic heterocycles.